The third-order valence-corrected chi connectivity index (χ3v) is 3.30. The van der Waals surface area contributed by atoms with Crippen LogP contribution in [0.1, 0.15) is 11.3 Å². The highest BCUT2D eigenvalue weighted by molar-refractivity contribution is 5.69. The number of aromatic nitrogens is 2. The van der Waals surface area contributed by atoms with Crippen molar-refractivity contribution in [3.8, 4) is 11.4 Å². The summed E-state index contributed by atoms with van der Waals surface area (Å²) in [6.07, 6.45) is 0.625. The number of nitrogen functional groups attached to an aromatic ring is 1. The molecule has 21 heavy (non-hydrogen) atoms. The van der Waals surface area contributed by atoms with Crippen molar-refractivity contribution in [2.75, 3.05) is 12.0 Å². The molecule has 0 saturated carbocycles. The van der Waals surface area contributed by atoms with Gasteiger partial charge in [-0.05, 0) is 6.07 Å². The molecule has 1 aromatic heterocycles. The van der Waals surface area contributed by atoms with E-state index in [0.717, 1.165) is 11.3 Å². The Morgan fingerprint density at radius 2 is 2.14 bits per heavy atom. The Balaban J connectivity index is 2.17. The fraction of sp³-hybridized carbons (Fsp3) is 0.231. The summed E-state index contributed by atoms with van der Waals surface area (Å²) in [5, 5.41) is 11.1. The van der Waals surface area contributed by atoms with E-state index in [1.807, 2.05) is 0 Å². The fourth-order valence-corrected chi connectivity index (χ4v) is 2.29. The van der Waals surface area contributed by atoms with Gasteiger partial charge in [0.2, 0.25) is 0 Å². The Kier molecular flexibility index (Phi) is 3.46. The van der Waals surface area contributed by atoms with Crippen molar-refractivity contribution in [3.63, 3.8) is 0 Å². The number of ether oxygens (including phenoxy) is 1. The second kappa shape index (κ2) is 5.43. The molecule has 0 aliphatic carbocycles. The molecule has 3 N–H and O–H groups in total. The second-order valence-corrected chi connectivity index (χ2v) is 4.54. The van der Waals surface area contributed by atoms with Crippen molar-refractivity contribution < 1.29 is 9.66 Å². The first-order chi connectivity index (χ1) is 10.2. The molecule has 0 bridgehead atoms. The molecule has 0 amide bonds. The Labute approximate surface area is 120 Å². The van der Waals surface area contributed by atoms with Crippen molar-refractivity contribution in [1.82, 2.24) is 9.97 Å². The van der Waals surface area contributed by atoms with E-state index in [1.165, 1.54) is 6.07 Å². The largest absolute Gasteiger partial charge is 0.376 e. The first kappa shape index (κ1) is 13.4. The number of nitrogens with zero attached hydrogens (tertiary/aromatic N) is 3. The minimum absolute atomic E-state index is 0.0347. The number of benzene rings is 1. The quantitative estimate of drug-likeness (QED) is 0.498. The summed E-state index contributed by atoms with van der Waals surface area (Å²) in [6.45, 7) is 0.941. The minimum atomic E-state index is -0.448. The van der Waals surface area contributed by atoms with E-state index >= 15 is 0 Å². The van der Waals surface area contributed by atoms with Crippen LogP contribution < -0.4 is 11.3 Å². The molecule has 1 aromatic carbocycles. The predicted octanol–water partition coefficient (Wildman–Crippen LogP) is 1.41. The molecule has 0 radical (unpaired) electrons. The Bertz CT molecular complexity index is 687. The minimum Gasteiger partial charge on any atom is -0.376 e. The van der Waals surface area contributed by atoms with Crippen molar-refractivity contribution in [3.05, 3.63) is 45.6 Å². The third-order valence-electron chi connectivity index (χ3n) is 3.30. The second-order valence-electron chi connectivity index (χ2n) is 4.54. The average molecular weight is 287 g/mol. The normalized spacial score (nSPS) is 13.6. The van der Waals surface area contributed by atoms with Gasteiger partial charge in [-0.1, -0.05) is 12.1 Å². The van der Waals surface area contributed by atoms with E-state index in [1.54, 1.807) is 18.2 Å². The van der Waals surface area contributed by atoms with E-state index in [2.05, 4.69) is 15.4 Å². The van der Waals surface area contributed by atoms with Crippen molar-refractivity contribution in [2.24, 2.45) is 5.84 Å². The van der Waals surface area contributed by atoms with E-state index in [9.17, 15) is 10.1 Å². The number of para-hydroxylation sites is 1. The highest BCUT2D eigenvalue weighted by Crippen LogP contribution is 2.30. The molecule has 1 aliphatic heterocycles. The summed E-state index contributed by atoms with van der Waals surface area (Å²) in [5.41, 5.74) is 4.45. The number of hydrogen-bond donors (Lipinski definition) is 2. The van der Waals surface area contributed by atoms with Gasteiger partial charge in [0, 0.05) is 18.1 Å². The molecule has 0 atom stereocenters. The number of nitro groups is 1. The van der Waals surface area contributed by atoms with Crippen LogP contribution in [0.5, 0.6) is 0 Å². The molecule has 1 aliphatic rings. The molecule has 0 fully saturated rings. The number of nitrogens with one attached hydrogen (secondary N) is 1. The lowest BCUT2D eigenvalue weighted by atomic mass is 10.1. The summed E-state index contributed by atoms with van der Waals surface area (Å²) in [5.74, 6) is 6.21. The first-order valence-corrected chi connectivity index (χ1v) is 6.38. The summed E-state index contributed by atoms with van der Waals surface area (Å²) in [4.78, 5) is 19.4. The first-order valence-electron chi connectivity index (χ1n) is 6.38. The number of fused-ring (bicyclic) bond motifs is 1. The molecule has 108 valence electrons. The van der Waals surface area contributed by atoms with Gasteiger partial charge in [-0.3, -0.25) is 10.1 Å². The third kappa shape index (κ3) is 2.41. The molecule has 0 saturated heterocycles. The van der Waals surface area contributed by atoms with Crippen LogP contribution in [-0.4, -0.2) is 21.5 Å². The Morgan fingerprint density at radius 1 is 1.33 bits per heavy atom. The van der Waals surface area contributed by atoms with Crippen LogP contribution in [0.15, 0.2) is 24.3 Å². The van der Waals surface area contributed by atoms with Gasteiger partial charge in [0.15, 0.2) is 5.82 Å². The molecule has 2 aromatic rings. The molecule has 2 heterocycles. The Morgan fingerprint density at radius 3 is 2.90 bits per heavy atom. The maximum Gasteiger partial charge on any atom is 0.280 e. The topological polar surface area (TPSA) is 116 Å². The van der Waals surface area contributed by atoms with Crippen LogP contribution in [0.25, 0.3) is 11.4 Å². The maximum atomic E-state index is 11.1. The van der Waals surface area contributed by atoms with E-state index in [0.29, 0.717) is 31.0 Å². The zero-order valence-corrected chi connectivity index (χ0v) is 11.1. The lowest BCUT2D eigenvalue weighted by Gasteiger charge is -2.19. The van der Waals surface area contributed by atoms with Crippen LogP contribution in [-0.2, 0) is 17.8 Å². The molecular weight excluding hydrogens is 274 g/mol. The zero-order chi connectivity index (χ0) is 14.8. The number of hydrazine groups is 1. The van der Waals surface area contributed by atoms with E-state index in [-0.39, 0.29) is 11.5 Å². The van der Waals surface area contributed by atoms with Gasteiger partial charge in [0.1, 0.15) is 5.82 Å². The molecule has 8 nitrogen and oxygen atoms in total. The lowest BCUT2D eigenvalue weighted by Crippen LogP contribution is -2.19. The van der Waals surface area contributed by atoms with Gasteiger partial charge in [0.25, 0.3) is 5.69 Å². The molecule has 8 heteroatoms. The number of anilines is 1. The number of nitro benzene ring substituents is 1. The summed E-state index contributed by atoms with van der Waals surface area (Å²) >= 11 is 0. The van der Waals surface area contributed by atoms with Crippen LogP contribution in [0.2, 0.25) is 0 Å². The number of hydrogen-bond acceptors (Lipinski definition) is 7. The summed E-state index contributed by atoms with van der Waals surface area (Å²) < 4.78 is 5.36. The highest BCUT2D eigenvalue weighted by atomic mass is 16.6. The smallest absolute Gasteiger partial charge is 0.280 e. The molecular formula is C13H13N5O3. The summed E-state index contributed by atoms with van der Waals surface area (Å²) in [7, 11) is 0. The standard InChI is InChI=1S/C13H13N5O3/c14-17-13-9-7-21-6-5-10(9)15-12(16-13)8-3-1-2-4-11(8)18(19)20/h1-4H,5-7,14H2,(H,15,16,17). The number of rotatable bonds is 3. The fourth-order valence-electron chi connectivity index (χ4n) is 2.29. The van der Waals surface area contributed by atoms with Crippen molar-refractivity contribution in [1.29, 1.82) is 0 Å². The summed E-state index contributed by atoms with van der Waals surface area (Å²) in [6, 6.07) is 6.37. The number of nitrogens with two attached hydrogens (primary N) is 1. The van der Waals surface area contributed by atoms with Crippen molar-refractivity contribution in [2.45, 2.75) is 13.0 Å². The van der Waals surface area contributed by atoms with Crippen LogP contribution in [0.4, 0.5) is 11.5 Å². The molecule has 3 rings (SSSR count). The van der Waals surface area contributed by atoms with E-state index < -0.39 is 4.92 Å². The van der Waals surface area contributed by atoms with Gasteiger partial charge in [-0.25, -0.2) is 15.8 Å². The van der Waals surface area contributed by atoms with Crippen LogP contribution in [0, 0.1) is 10.1 Å². The van der Waals surface area contributed by atoms with Gasteiger partial charge >= 0.3 is 0 Å². The molecule has 0 unspecified atom stereocenters. The lowest BCUT2D eigenvalue weighted by molar-refractivity contribution is -0.384. The van der Waals surface area contributed by atoms with Crippen molar-refractivity contribution >= 4 is 11.5 Å². The molecule has 0 spiro atoms. The van der Waals surface area contributed by atoms with Crippen LogP contribution in [0.3, 0.4) is 0 Å². The van der Waals surface area contributed by atoms with Gasteiger partial charge in [-0.2, -0.15) is 0 Å². The Hall–Kier alpha value is -2.58. The van der Waals surface area contributed by atoms with Gasteiger partial charge in [-0.15, -0.1) is 0 Å². The SMILES string of the molecule is NNc1nc(-c2ccccc2[N+](=O)[O-])nc2c1COCC2. The van der Waals surface area contributed by atoms with E-state index in [4.69, 9.17) is 10.6 Å². The highest BCUT2D eigenvalue weighted by Gasteiger charge is 2.22. The van der Waals surface area contributed by atoms with Gasteiger partial charge in [0.05, 0.1) is 29.4 Å². The monoisotopic (exact) mass is 287 g/mol. The maximum absolute atomic E-state index is 11.1. The zero-order valence-electron chi connectivity index (χ0n) is 11.1. The van der Waals surface area contributed by atoms with Crippen LogP contribution >= 0.6 is 0 Å². The van der Waals surface area contributed by atoms with Gasteiger partial charge < -0.3 is 10.2 Å². The predicted molar refractivity (Wildman–Crippen MR) is 75.3 cm³/mol. The average Bonchev–Trinajstić information content (AvgIpc) is 2.53.